The van der Waals surface area contributed by atoms with Crippen LogP contribution in [0.25, 0.3) is 11.0 Å². The Labute approximate surface area is 175 Å². The standard InChI is InChI=1S/C24H35N5/c1-6-7-8-9-20-14-21-22(23(25)27-20)26-17-29(21)16-19-12-10-18(11-13-19)15-28(5)24(2,3)4/h10-14,17H,6-9,15-16H2,1-5H3,(H2,25,27). The number of anilines is 1. The fourth-order valence-corrected chi connectivity index (χ4v) is 3.41. The van der Waals surface area contributed by atoms with Crippen LogP contribution in [0.3, 0.4) is 0 Å². The summed E-state index contributed by atoms with van der Waals surface area (Å²) in [5.41, 5.74) is 11.9. The molecule has 2 N–H and O–H groups in total. The molecule has 0 aliphatic carbocycles. The van der Waals surface area contributed by atoms with Crippen molar-refractivity contribution < 1.29 is 0 Å². The van der Waals surface area contributed by atoms with Gasteiger partial charge in [-0.1, -0.05) is 44.0 Å². The van der Waals surface area contributed by atoms with E-state index in [-0.39, 0.29) is 5.54 Å². The summed E-state index contributed by atoms with van der Waals surface area (Å²) < 4.78 is 2.17. The van der Waals surface area contributed by atoms with Gasteiger partial charge in [-0.15, -0.1) is 0 Å². The molecule has 2 heterocycles. The molecule has 0 aliphatic heterocycles. The first-order valence-corrected chi connectivity index (χ1v) is 10.7. The van der Waals surface area contributed by atoms with Crippen LogP contribution in [-0.4, -0.2) is 32.0 Å². The van der Waals surface area contributed by atoms with E-state index in [4.69, 9.17) is 5.73 Å². The van der Waals surface area contributed by atoms with Crippen molar-refractivity contribution in [2.45, 2.75) is 72.0 Å². The molecule has 156 valence electrons. The summed E-state index contributed by atoms with van der Waals surface area (Å²) >= 11 is 0. The number of benzene rings is 1. The number of imidazole rings is 1. The van der Waals surface area contributed by atoms with Gasteiger partial charge in [-0.2, -0.15) is 0 Å². The van der Waals surface area contributed by atoms with Crippen molar-refractivity contribution >= 4 is 16.9 Å². The number of rotatable bonds is 8. The van der Waals surface area contributed by atoms with E-state index in [1.165, 1.54) is 24.0 Å². The molecule has 0 spiro atoms. The zero-order valence-electron chi connectivity index (χ0n) is 18.6. The molecule has 1 aromatic carbocycles. The lowest BCUT2D eigenvalue weighted by atomic mass is 10.0. The number of fused-ring (bicyclic) bond motifs is 1. The minimum absolute atomic E-state index is 0.164. The summed E-state index contributed by atoms with van der Waals surface area (Å²) in [6.07, 6.45) is 6.41. The maximum Gasteiger partial charge on any atom is 0.151 e. The van der Waals surface area contributed by atoms with Gasteiger partial charge >= 0.3 is 0 Å². The van der Waals surface area contributed by atoms with Crippen LogP contribution in [-0.2, 0) is 19.5 Å². The molecule has 29 heavy (non-hydrogen) atoms. The Hall–Kier alpha value is -2.40. The Morgan fingerprint density at radius 2 is 1.76 bits per heavy atom. The van der Waals surface area contributed by atoms with E-state index in [2.05, 4.69) is 84.5 Å². The number of nitrogens with two attached hydrogens (primary N) is 1. The zero-order valence-corrected chi connectivity index (χ0v) is 18.6. The smallest absolute Gasteiger partial charge is 0.151 e. The number of aryl methyl sites for hydroxylation is 1. The van der Waals surface area contributed by atoms with Gasteiger partial charge in [-0.05, 0) is 57.9 Å². The van der Waals surface area contributed by atoms with Gasteiger partial charge in [-0.25, -0.2) is 9.97 Å². The van der Waals surface area contributed by atoms with E-state index in [1.54, 1.807) is 0 Å². The Morgan fingerprint density at radius 1 is 1.07 bits per heavy atom. The van der Waals surface area contributed by atoms with Crippen LogP contribution >= 0.6 is 0 Å². The molecular formula is C24H35N5. The first kappa shape index (κ1) is 21.3. The van der Waals surface area contributed by atoms with Gasteiger partial charge in [0.1, 0.15) is 5.52 Å². The summed E-state index contributed by atoms with van der Waals surface area (Å²) in [6, 6.07) is 11.0. The highest BCUT2D eigenvalue weighted by Gasteiger charge is 2.16. The summed E-state index contributed by atoms with van der Waals surface area (Å²) in [4.78, 5) is 11.4. The number of pyridine rings is 1. The molecule has 0 atom stereocenters. The van der Waals surface area contributed by atoms with Gasteiger partial charge in [0.05, 0.1) is 11.8 Å². The third-order valence-electron chi connectivity index (χ3n) is 5.67. The van der Waals surface area contributed by atoms with E-state index < -0.39 is 0 Å². The lowest BCUT2D eigenvalue weighted by Crippen LogP contribution is -2.37. The third kappa shape index (κ3) is 5.36. The lowest BCUT2D eigenvalue weighted by Gasteiger charge is -2.31. The lowest BCUT2D eigenvalue weighted by molar-refractivity contribution is 0.167. The van der Waals surface area contributed by atoms with Crippen LogP contribution < -0.4 is 5.73 Å². The van der Waals surface area contributed by atoms with Gasteiger partial charge in [0.2, 0.25) is 0 Å². The van der Waals surface area contributed by atoms with E-state index >= 15 is 0 Å². The summed E-state index contributed by atoms with van der Waals surface area (Å²) in [5, 5.41) is 0. The van der Waals surface area contributed by atoms with E-state index in [0.717, 1.165) is 42.7 Å². The maximum atomic E-state index is 6.18. The quantitative estimate of drug-likeness (QED) is 0.546. The van der Waals surface area contributed by atoms with E-state index in [9.17, 15) is 0 Å². The van der Waals surface area contributed by atoms with Gasteiger partial charge in [0.25, 0.3) is 0 Å². The maximum absolute atomic E-state index is 6.18. The molecular weight excluding hydrogens is 358 g/mol. The van der Waals surface area contributed by atoms with Gasteiger partial charge in [0.15, 0.2) is 5.82 Å². The zero-order chi connectivity index (χ0) is 21.0. The minimum atomic E-state index is 0.164. The molecule has 3 rings (SSSR count). The highest BCUT2D eigenvalue weighted by molar-refractivity contribution is 5.85. The second kappa shape index (κ2) is 8.95. The van der Waals surface area contributed by atoms with Crippen LogP contribution in [0, 0.1) is 0 Å². The Balaban J connectivity index is 1.75. The van der Waals surface area contributed by atoms with Crippen LogP contribution in [0.1, 0.15) is 63.8 Å². The molecule has 0 saturated heterocycles. The highest BCUT2D eigenvalue weighted by atomic mass is 15.2. The van der Waals surface area contributed by atoms with E-state index in [1.807, 2.05) is 6.33 Å². The van der Waals surface area contributed by atoms with Crippen molar-refractivity contribution in [1.29, 1.82) is 0 Å². The van der Waals surface area contributed by atoms with Crippen LogP contribution in [0.15, 0.2) is 36.7 Å². The van der Waals surface area contributed by atoms with Crippen molar-refractivity contribution in [1.82, 2.24) is 19.4 Å². The molecule has 5 heteroatoms. The van der Waals surface area contributed by atoms with Crippen molar-refractivity contribution in [3.05, 3.63) is 53.5 Å². The SMILES string of the molecule is CCCCCc1cc2c(ncn2Cc2ccc(CN(C)C(C)(C)C)cc2)c(N)n1. The predicted molar refractivity (Wildman–Crippen MR) is 122 cm³/mol. The number of hydrogen-bond acceptors (Lipinski definition) is 4. The molecule has 0 aliphatic rings. The monoisotopic (exact) mass is 393 g/mol. The van der Waals surface area contributed by atoms with Crippen molar-refractivity contribution in [3.8, 4) is 0 Å². The molecule has 0 bridgehead atoms. The number of nitrogen functional groups attached to an aromatic ring is 1. The number of hydrogen-bond donors (Lipinski definition) is 1. The van der Waals surface area contributed by atoms with Crippen molar-refractivity contribution in [2.24, 2.45) is 0 Å². The molecule has 3 aromatic rings. The Bertz CT molecular complexity index is 934. The number of nitrogens with zero attached hydrogens (tertiary/aromatic N) is 4. The Kier molecular flexibility index (Phi) is 6.58. The van der Waals surface area contributed by atoms with Crippen LogP contribution in [0.2, 0.25) is 0 Å². The molecule has 2 aromatic heterocycles. The molecule has 0 amide bonds. The summed E-state index contributed by atoms with van der Waals surface area (Å²) in [5.74, 6) is 0.535. The normalized spacial score (nSPS) is 12.2. The molecule has 0 unspecified atom stereocenters. The predicted octanol–water partition coefficient (Wildman–Crippen LogP) is 5.02. The first-order chi connectivity index (χ1) is 13.8. The molecule has 0 fully saturated rings. The van der Waals surface area contributed by atoms with Crippen molar-refractivity contribution in [3.63, 3.8) is 0 Å². The third-order valence-corrected chi connectivity index (χ3v) is 5.67. The van der Waals surface area contributed by atoms with Gasteiger partial charge in [0, 0.05) is 24.3 Å². The molecule has 5 nitrogen and oxygen atoms in total. The second-order valence-electron chi connectivity index (χ2n) is 9.04. The topological polar surface area (TPSA) is 60.0 Å². The first-order valence-electron chi connectivity index (χ1n) is 10.7. The average Bonchev–Trinajstić information content (AvgIpc) is 3.06. The average molecular weight is 394 g/mol. The van der Waals surface area contributed by atoms with Crippen molar-refractivity contribution in [2.75, 3.05) is 12.8 Å². The molecule has 0 radical (unpaired) electrons. The fraction of sp³-hybridized carbons (Fsp3) is 0.500. The number of unbranched alkanes of at least 4 members (excludes halogenated alkanes) is 2. The summed E-state index contributed by atoms with van der Waals surface area (Å²) in [6.45, 7) is 10.7. The fourth-order valence-electron chi connectivity index (χ4n) is 3.41. The second-order valence-corrected chi connectivity index (χ2v) is 9.04. The number of aromatic nitrogens is 3. The van der Waals surface area contributed by atoms with E-state index in [0.29, 0.717) is 5.82 Å². The largest absolute Gasteiger partial charge is 0.382 e. The molecule has 0 saturated carbocycles. The van der Waals surface area contributed by atoms with Gasteiger partial charge in [-0.3, -0.25) is 4.90 Å². The van der Waals surface area contributed by atoms with Gasteiger partial charge < -0.3 is 10.3 Å². The highest BCUT2D eigenvalue weighted by Crippen LogP contribution is 2.22. The van der Waals surface area contributed by atoms with Crippen LogP contribution in [0.4, 0.5) is 5.82 Å². The minimum Gasteiger partial charge on any atom is -0.382 e. The van der Waals surface area contributed by atoms with Crippen LogP contribution in [0.5, 0.6) is 0 Å². The summed E-state index contributed by atoms with van der Waals surface area (Å²) in [7, 11) is 2.17. The Morgan fingerprint density at radius 3 is 2.41 bits per heavy atom.